The van der Waals surface area contributed by atoms with Gasteiger partial charge in [-0.2, -0.15) is 5.10 Å². The van der Waals surface area contributed by atoms with Crippen LogP contribution in [0.25, 0.3) is 0 Å². The molecule has 122 valence electrons. The van der Waals surface area contributed by atoms with E-state index in [-0.39, 0.29) is 5.91 Å². The average Bonchev–Trinajstić information content (AvgIpc) is 3.28. The maximum absolute atomic E-state index is 11.8. The first-order valence-corrected chi connectivity index (χ1v) is 8.16. The van der Waals surface area contributed by atoms with Gasteiger partial charge < -0.3 is 9.32 Å². The van der Waals surface area contributed by atoms with Gasteiger partial charge in [-0.1, -0.05) is 0 Å². The Balaban J connectivity index is 1.41. The van der Waals surface area contributed by atoms with Crippen molar-refractivity contribution in [3.8, 4) is 0 Å². The van der Waals surface area contributed by atoms with Crippen molar-refractivity contribution in [3.05, 3.63) is 30.2 Å². The van der Waals surface area contributed by atoms with E-state index in [0.717, 1.165) is 56.2 Å². The van der Waals surface area contributed by atoms with Crippen LogP contribution in [0, 0.1) is 6.92 Å². The summed E-state index contributed by atoms with van der Waals surface area (Å²) >= 11 is 0. The molecule has 4 rings (SSSR count). The number of aryl methyl sites for hydroxylation is 1. The van der Waals surface area contributed by atoms with Crippen molar-refractivity contribution >= 4 is 11.6 Å². The van der Waals surface area contributed by atoms with Crippen molar-refractivity contribution in [1.29, 1.82) is 0 Å². The molecule has 1 amide bonds. The largest absolute Gasteiger partial charge is 0.448 e. The van der Waals surface area contributed by atoms with Crippen LogP contribution < -0.4 is 4.90 Å². The van der Waals surface area contributed by atoms with Crippen LogP contribution in [0.4, 0.5) is 5.69 Å². The maximum Gasteiger partial charge on any atom is 0.227 e. The third-order valence-corrected chi connectivity index (χ3v) is 4.81. The molecule has 2 aliphatic heterocycles. The minimum Gasteiger partial charge on any atom is -0.448 e. The molecule has 2 saturated heterocycles. The fourth-order valence-electron chi connectivity index (χ4n) is 3.45. The van der Waals surface area contributed by atoms with Crippen molar-refractivity contribution in [2.75, 3.05) is 24.5 Å². The third kappa shape index (κ3) is 2.76. The van der Waals surface area contributed by atoms with E-state index in [0.29, 0.717) is 12.5 Å². The highest BCUT2D eigenvalue weighted by atomic mass is 16.3. The van der Waals surface area contributed by atoms with E-state index < -0.39 is 0 Å². The summed E-state index contributed by atoms with van der Waals surface area (Å²) in [5.74, 6) is 1.10. The molecule has 2 aliphatic rings. The molecule has 2 fully saturated rings. The summed E-state index contributed by atoms with van der Waals surface area (Å²) in [5, 5.41) is 4.49. The number of hydrogen-bond acceptors (Lipinski definition) is 5. The zero-order chi connectivity index (χ0) is 15.8. The van der Waals surface area contributed by atoms with Crippen molar-refractivity contribution in [2.45, 2.75) is 38.8 Å². The first-order valence-electron chi connectivity index (χ1n) is 8.16. The summed E-state index contributed by atoms with van der Waals surface area (Å²) in [6.07, 6.45) is 7.99. The fraction of sp³-hybridized carbons (Fsp3) is 0.562. The van der Waals surface area contributed by atoms with Gasteiger partial charge in [-0.15, -0.1) is 0 Å². The lowest BCUT2D eigenvalue weighted by atomic mass is 10.3. The van der Waals surface area contributed by atoms with E-state index in [2.05, 4.69) is 15.0 Å². The van der Waals surface area contributed by atoms with Crippen molar-refractivity contribution in [3.63, 3.8) is 0 Å². The minimum absolute atomic E-state index is 0.208. The van der Waals surface area contributed by atoms with Crippen LogP contribution in [0.5, 0.6) is 0 Å². The Morgan fingerprint density at radius 1 is 1.39 bits per heavy atom. The summed E-state index contributed by atoms with van der Waals surface area (Å²) < 4.78 is 7.27. The SMILES string of the molecule is Cc1ocnc1CN1CCC(n2cc(N3CCCC3=O)cn2)C1. The smallest absolute Gasteiger partial charge is 0.227 e. The van der Waals surface area contributed by atoms with Gasteiger partial charge in [-0.05, 0) is 19.8 Å². The number of oxazole rings is 1. The number of amides is 1. The second-order valence-corrected chi connectivity index (χ2v) is 6.36. The second-order valence-electron chi connectivity index (χ2n) is 6.36. The van der Waals surface area contributed by atoms with Gasteiger partial charge in [0.1, 0.15) is 5.76 Å². The summed E-state index contributed by atoms with van der Waals surface area (Å²) in [4.78, 5) is 20.3. The van der Waals surface area contributed by atoms with Gasteiger partial charge in [0, 0.05) is 38.8 Å². The molecule has 0 aliphatic carbocycles. The Hall–Kier alpha value is -2.15. The van der Waals surface area contributed by atoms with Crippen LogP contribution in [-0.4, -0.2) is 45.2 Å². The molecule has 7 heteroatoms. The molecule has 7 nitrogen and oxygen atoms in total. The zero-order valence-electron chi connectivity index (χ0n) is 13.3. The van der Waals surface area contributed by atoms with Crippen molar-refractivity contribution in [2.24, 2.45) is 0 Å². The maximum atomic E-state index is 11.8. The quantitative estimate of drug-likeness (QED) is 0.860. The van der Waals surface area contributed by atoms with E-state index in [1.54, 1.807) is 0 Å². The lowest BCUT2D eigenvalue weighted by Gasteiger charge is -2.15. The highest BCUT2D eigenvalue weighted by Gasteiger charge is 2.27. The van der Waals surface area contributed by atoms with Crippen LogP contribution in [0.2, 0.25) is 0 Å². The summed E-state index contributed by atoms with van der Waals surface area (Å²) in [5.41, 5.74) is 1.94. The van der Waals surface area contributed by atoms with Gasteiger partial charge in [-0.3, -0.25) is 14.4 Å². The molecule has 1 unspecified atom stereocenters. The predicted octanol–water partition coefficient (Wildman–Crippen LogP) is 1.75. The third-order valence-electron chi connectivity index (χ3n) is 4.81. The highest BCUT2D eigenvalue weighted by Crippen LogP contribution is 2.26. The van der Waals surface area contributed by atoms with E-state index in [1.807, 2.05) is 28.9 Å². The Labute approximate surface area is 134 Å². The molecule has 4 heterocycles. The fourth-order valence-corrected chi connectivity index (χ4v) is 3.45. The lowest BCUT2D eigenvalue weighted by molar-refractivity contribution is -0.117. The van der Waals surface area contributed by atoms with Gasteiger partial charge in [0.2, 0.25) is 5.91 Å². The standard InChI is InChI=1S/C16H21N5O2/c1-12-15(17-11-23-12)10-19-6-4-13(8-19)21-9-14(7-18-21)20-5-2-3-16(20)22/h7,9,11,13H,2-6,8,10H2,1H3. The Kier molecular flexibility index (Phi) is 3.65. The van der Waals surface area contributed by atoms with Crippen molar-refractivity contribution < 1.29 is 9.21 Å². The molecule has 2 aromatic heterocycles. The van der Waals surface area contributed by atoms with Crippen LogP contribution >= 0.6 is 0 Å². The Bertz CT molecular complexity index is 707. The number of rotatable bonds is 4. The normalized spacial score (nSPS) is 22.4. The van der Waals surface area contributed by atoms with Crippen LogP contribution in [0.1, 0.15) is 36.8 Å². The van der Waals surface area contributed by atoms with Crippen LogP contribution in [-0.2, 0) is 11.3 Å². The summed E-state index contributed by atoms with van der Waals surface area (Å²) in [7, 11) is 0. The van der Waals surface area contributed by atoms with Crippen molar-refractivity contribution in [1.82, 2.24) is 19.7 Å². The summed E-state index contributed by atoms with van der Waals surface area (Å²) in [6, 6.07) is 0.355. The number of aromatic nitrogens is 3. The van der Waals surface area contributed by atoms with E-state index in [4.69, 9.17) is 4.42 Å². The molecule has 0 aromatic carbocycles. The molecule has 0 saturated carbocycles. The first-order chi connectivity index (χ1) is 11.2. The molecule has 0 bridgehead atoms. The number of carbonyl (C=O) groups is 1. The topological polar surface area (TPSA) is 67.4 Å². The van der Waals surface area contributed by atoms with Gasteiger partial charge in [0.25, 0.3) is 0 Å². The van der Waals surface area contributed by atoms with Crippen LogP contribution in [0.3, 0.4) is 0 Å². The molecular weight excluding hydrogens is 294 g/mol. The highest BCUT2D eigenvalue weighted by molar-refractivity contribution is 5.95. The number of likely N-dealkylation sites (tertiary alicyclic amines) is 1. The molecule has 1 atom stereocenters. The number of hydrogen-bond donors (Lipinski definition) is 0. The number of anilines is 1. The van der Waals surface area contributed by atoms with E-state index >= 15 is 0 Å². The van der Waals surface area contributed by atoms with Gasteiger partial charge >= 0.3 is 0 Å². The lowest BCUT2D eigenvalue weighted by Crippen LogP contribution is -2.23. The number of carbonyl (C=O) groups excluding carboxylic acids is 1. The van der Waals surface area contributed by atoms with Gasteiger partial charge in [-0.25, -0.2) is 4.98 Å². The molecular formula is C16H21N5O2. The van der Waals surface area contributed by atoms with Gasteiger partial charge in [0.05, 0.1) is 23.6 Å². The predicted molar refractivity (Wildman–Crippen MR) is 84.0 cm³/mol. The second kappa shape index (κ2) is 5.81. The molecule has 0 spiro atoms. The molecule has 0 radical (unpaired) electrons. The monoisotopic (exact) mass is 315 g/mol. The van der Waals surface area contributed by atoms with E-state index in [1.165, 1.54) is 6.39 Å². The zero-order valence-corrected chi connectivity index (χ0v) is 13.3. The Morgan fingerprint density at radius 3 is 3.04 bits per heavy atom. The van der Waals surface area contributed by atoms with Gasteiger partial charge in [0.15, 0.2) is 6.39 Å². The number of nitrogens with zero attached hydrogens (tertiary/aromatic N) is 5. The average molecular weight is 315 g/mol. The van der Waals surface area contributed by atoms with E-state index in [9.17, 15) is 4.79 Å². The molecule has 23 heavy (non-hydrogen) atoms. The minimum atomic E-state index is 0.208. The summed E-state index contributed by atoms with van der Waals surface area (Å²) in [6.45, 7) is 5.54. The Morgan fingerprint density at radius 2 is 2.30 bits per heavy atom. The molecule has 2 aromatic rings. The molecule has 0 N–H and O–H groups in total. The van der Waals surface area contributed by atoms with Crippen LogP contribution in [0.15, 0.2) is 23.2 Å². The first kappa shape index (κ1) is 14.4.